The van der Waals surface area contributed by atoms with E-state index in [1.165, 1.54) is 15.6 Å². The Balaban J connectivity index is 2.17. The molecular formula is C29H28BNO2Si. The lowest BCUT2D eigenvalue weighted by atomic mass is 9.65. The summed E-state index contributed by atoms with van der Waals surface area (Å²) in [6, 6.07) is 44.0. The molecule has 4 rings (SSSR count). The molecule has 2 N–H and O–H groups in total. The van der Waals surface area contributed by atoms with Crippen LogP contribution in [0.1, 0.15) is 18.0 Å². The number of hydrogen-bond acceptors (Lipinski definition) is 3. The van der Waals surface area contributed by atoms with Gasteiger partial charge < -0.3 is 10.0 Å². The smallest absolute Gasteiger partial charge is 0.427 e. The number of hydrogen-bond donors (Lipinski definition) is 2. The number of nitrogens with zero attached hydrogens (tertiary/aromatic N) is 1. The summed E-state index contributed by atoms with van der Waals surface area (Å²) in [4.78, 5) is 0. The van der Waals surface area contributed by atoms with E-state index in [1.807, 2.05) is 36.4 Å². The molecule has 0 spiro atoms. The molecule has 3 unspecified atom stereocenters. The molecule has 0 aliphatic carbocycles. The highest BCUT2D eigenvalue weighted by atomic mass is 28.3. The summed E-state index contributed by atoms with van der Waals surface area (Å²) in [6.07, 6.45) is 0. The second-order valence-electron chi connectivity index (χ2n) is 8.72. The number of benzene rings is 4. The lowest BCUT2D eigenvalue weighted by Gasteiger charge is -2.44. The molecule has 0 aromatic heterocycles. The third-order valence-electron chi connectivity index (χ3n) is 6.86. The fourth-order valence-corrected chi connectivity index (χ4v) is 11.1. The summed E-state index contributed by atoms with van der Waals surface area (Å²) >= 11 is 0. The van der Waals surface area contributed by atoms with Crippen LogP contribution in [-0.2, 0) is 0 Å². The Bertz CT molecular complexity index is 1120. The molecule has 0 saturated heterocycles. The molecule has 34 heavy (non-hydrogen) atoms. The molecule has 0 bridgehead atoms. The zero-order valence-corrected chi connectivity index (χ0v) is 20.2. The van der Waals surface area contributed by atoms with Crippen molar-refractivity contribution in [2.75, 3.05) is 0 Å². The molecule has 0 aliphatic heterocycles. The molecule has 5 heteroatoms. The van der Waals surface area contributed by atoms with Gasteiger partial charge in [0.15, 0.2) is 8.07 Å². The second-order valence-corrected chi connectivity index (χ2v) is 12.7. The van der Waals surface area contributed by atoms with Gasteiger partial charge in [-0.2, -0.15) is 5.26 Å². The fraction of sp³-hybridized carbons (Fsp3) is 0.138. The summed E-state index contributed by atoms with van der Waals surface area (Å²) in [5.74, 6) is -1.27. The van der Waals surface area contributed by atoms with Gasteiger partial charge in [0.05, 0.1) is 12.0 Å². The van der Waals surface area contributed by atoms with Gasteiger partial charge in [0.1, 0.15) is 0 Å². The van der Waals surface area contributed by atoms with Crippen molar-refractivity contribution in [3.05, 3.63) is 127 Å². The lowest BCUT2D eigenvalue weighted by molar-refractivity contribution is 0.367. The van der Waals surface area contributed by atoms with Crippen LogP contribution in [-0.4, -0.2) is 25.2 Å². The van der Waals surface area contributed by atoms with Crippen molar-refractivity contribution >= 4 is 30.8 Å². The molecule has 0 heterocycles. The second kappa shape index (κ2) is 10.7. The third kappa shape index (κ3) is 4.36. The van der Waals surface area contributed by atoms with Crippen molar-refractivity contribution < 1.29 is 10.0 Å². The van der Waals surface area contributed by atoms with Crippen LogP contribution >= 0.6 is 0 Å². The van der Waals surface area contributed by atoms with E-state index < -0.39 is 26.9 Å². The Kier molecular flexibility index (Phi) is 7.44. The molecule has 0 radical (unpaired) electrons. The third-order valence-corrected chi connectivity index (χ3v) is 12.2. The van der Waals surface area contributed by atoms with Crippen LogP contribution in [0.25, 0.3) is 0 Å². The maximum atomic E-state index is 10.5. The SMILES string of the molecule is CC(B(O)O)C(C#N)C(c1ccccc1)[Si](c1ccccc1)(c1ccccc1)c1ccccc1. The topological polar surface area (TPSA) is 64.2 Å². The molecule has 0 aliphatic rings. The molecule has 4 aromatic carbocycles. The summed E-state index contributed by atoms with van der Waals surface area (Å²) in [5.41, 5.74) is 0.771. The van der Waals surface area contributed by atoms with Crippen molar-refractivity contribution in [2.24, 2.45) is 5.92 Å². The highest BCUT2D eigenvalue weighted by molar-refractivity contribution is 7.12. The average Bonchev–Trinajstić information content (AvgIpc) is 2.90. The quantitative estimate of drug-likeness (QED) is 0.312. The van der Waals surface area contributed by atoms with Crippen molar-refractivity contribution in [3.63, 3.8) is 0 Å². The van der Waals surface area contributed by atoms with E-state index in [9.17, 15) is 15.3 Å². The van der Waals surface area contributed by atoms with Gasteiger partial charge in [-0.05, 0) is 21.1 Å². The summed E-state index contributed by atoms with van der Waals surface area (Å²) < 4.78 is 0. The van der Waals surface area contributed by atoms with Gasteiger partial charge in [0.2, 0.25) is 0 Å². The molecular weight excluding hydrogens is 433 g/mol. The van der Waals surface area contributed by atoms with Gasteiger partial charge in [-0.25, -0.2) is 0 Å². The van der Waals surface area contributed by atoms with E-state index in [0.717, 1.165) is 5.56 Å². The van der Waals surface area contributed by atoms with Crippen LogP contribution in [0.5, 0.6) is 0 Å². The summed E-state index contributed by atoms with van der Waals surface area (Å²) in [6.45, 7) is 1.76. The molecule has 168 valence electrons. The Labute approximate surface area is 203 Å². The predicted octanol–water partition coefficient (Wildman–Crippen LogP) is 3.48. The van der Waals surface area contributed by atoms with Crippen molar-refractivity contribution in [2.45, 2.75) is 18.3 Å². The zero-order chi connectivity index (χ0) is 24.0. The van der Waals surface area contributed by atoms with Gasteiger partial charge in [-0.15, -0.1) is 0 Å². The van der Waals surface area contributed by atoms with Crippen LogP contribution in [0.3, 0.4) is 0 Å². The van der Waals surface area contributed by atoms with E-state index in [2.05, 4.69) is 91.0 Å². The van der Waals surface area contributed by atoms with Crippen LogP contribution in [0.15, 0.2) is 121 Å². The standard InChI is InChI=1S/C29H28BNO2Si/c1-23(30(32)33)28(22-31)29(24-14-6-2-7-15-24)34(25-16-8-3-9-17-25,26-18-10-4-11-19-26)27-20-12-5-13-21-27/h2-21,23,28-29,32-33H,1H3. The maximum Gasteiger partial charge on any atom is 0.455 e. The Morgan fingerprint density at radius 1 is 0.647 bits per heavy atom. The lowest BCUT2D eigenvalue weighted by Crippen LogP contribution is -2.72. The minimum absolute atomic E-state index is 0.261. The van der Waals surface area contributed by atoms with Crippen LogP contribution in [0.4, 0.5) is 0 Å². The average molecular weight is 461 g/mol. The van der Waals surface area contributed by atoms with Gasteiger partial charge in [-0.1, -0.05) is 128 Å². The highest BCUT2D eigenvalue weighted by Gasteiger charge is 2.52. The minimum Gasteiger partial charge on any atom is -0.427 e. The highest BCUT2D eigenvalue weighted by Crippen LogP contribution is 2.40. The molecule has 0 amide bonds. The summed E-state index contributed by atoms with van der Waals surface area (Å²) in [5, 5.41) is 34.5. The van der Waals surface area contributed by atoms with Gasteiger partial charge in [-0.3, -0.25) is 0 Å². The number of rotatable bonds is 8. The first-order valence-electron chi connectivity index (χ1n) is 11.6. The maximum absolute atomic E-state index is 10.5. The Hall–Kier alpha value is -3.43. The van der Waals surface area contributed by atoms with Crippen LogP contribution in [0, 0.1) is 17.2 Å². The molecule has 0 saturated carbocycles. The van der Waals surface area contributed by atoms with Crippen molar-refractivity contribution in [1.82, 2.24) is 0 Å². The van der Waals surface area contributed by atoms with Crippen molar-refractivity contribution in [1.29, 1.82) is 5.26 Å². The van der Waals surface area contributed by atoms with E-state index in [-0.39, 0.29) is 5.54 Å². The van der Waals surface area contributed by atoms with Gasteiger partial charge in [0.25, 0.3) is 0 Å². The first-order valence-corrected chi connectivity index (χ1v) is 13.7. The Morgan fingerprint density at radius 2 is 1.00 bits per heavy atom. The molecule has 4 aromatic rings. The van der Waals surface area contributed by atoms with Crippen LogP contribution < -0.4 is 15.6 Å². The molecule has 3 atom stereocenters. The largest absolute Gasteiger partial charge is 0.455 e. The van der Waals surface area contributed by atoms with E-state index in [4.69, 9.17) is 0 Å². The van der Waals surface area contributed by atoms with Crippen LogP contribution in [0.2, 0.25) is 5.82 Å². The van der Waals surface area contributed by atoms with Gasteiger partial charge >= 0.3 is 7.12 Å². The van der Waals surface area contributed by atoms with Gasteiger partial charge in [0, 0.05) is 11.4 Å². The minimum atomic E-state index is -2.93. The van der Waals surface area contributed by atoms with E-state index in [0.29, 0.717) is 0 Å². The Morgan fingerprint density at radius 3 is 1.32 bits per heavy atom. The normalized spacial score (nSPS) is 13.9. The fourth-order valence-electron chi connectivity index (χ4n) is 5.21. The first-order chi connectivity index (χ1) is 16.6. The molecule has 0 fully saturated rings. The van der Waals surface area contributed by atoms with E-state index in [1.54, 1.807) is 6.92 Å². The molecule has 3 nitrogen and oxygen atoms in total. The van der Waals surface area contributed by atoms with E-state index >= 15 is 0 Å². The van der Waals surface area contributed by atoms with Crippen molar-refractivity contribution in [3.8, 4) is 6.07 Å². The summed E-state index contributed by atoms with van der Waals surface area (Å²) in [7, 11) is -4.52. The predicted molar refractivity (Wildman–Crippen MR) is 142 cm³/mol. The monoisotopic (exact) mass is 461 g/mol. The number of nitriles is 1. The zero-order valence-electron chi connectivity index (χ0n) is 19.2. The first kappa shape index (κ1) is 23.7.